The first-order valence-corrected chi connectivity index (χ1v) is 9.38. The minimum absolute atomic E-state index is 0. The van der Waals surface area contributed by atoms with Crippen molar-refractivity contribution in [2.24, 2.45) is 0 Å². The number of amides is 2. The summed E-state index contributed by atoms with van der Waals surface area (Å²) in [5, 5.41) is 16.8. The third-order valence-electron chi connectivity index (χ3n) is 5.45. The number of likely N-dealkylation sites (tertiary alicyclic amines) is 1. The van der Waals surface area contributed by atoms with Gasteiger partial charge in [-0.2, -0.15) is 13.2 Å². The zero-order valence-corrected chi connectivity index (χ0v) is 19.4. The van der Waals surface area contributed by atoms with Gasteiger partial charge >= 0.3 is 63.6 Å². The number of carbonyl (C=O) groups is 2. The zero-order valence-electron chi connectivity index (χ0n) is 16.3. The van der Waals surface area contributed by atoms with Crippen LogP contribution in [0.3, 0.4) is 0 Å². The average molecular weight is 438 g/mol. The van der Waals surface area contributed by atoms with Gasteiger partial charge in [0.1, 0.15) is 0 Å². The Morgan fingerprint density at radius 1 is 1.17 bits per heavy atom. The van der Waals surface area contributed by atoms with E-state index in [-0.39, 0.29) is 76.4 Å². The number of alkyl halides is 3. The van der Waals surface area contributed by atoms with Crippen molar-refractivity contribution in [2.75, 3.05) is 19.6 Å². The van der Waals surface area contributed by atoms with Crippen LogP contribution in [0.15, 0.2) is 24.3 Å². The van der Waals surface area contributed by atoms with Crippen LogP contribution >= 0.6 is 0 Å². The van der Waals surface area contributed by atoms with Gasteiger partial charge in [0.15, 0.2) is 0 Å². The zero-order chi connectivity index (χ0) is 20.3. The van der Waals surface area contributed by atoms with Crippen molar-refractivity contribution in [3.63, 3.8) is 0 Å². The third-order valence-corrected chi connectivity index (χ3v) is 5.45. The number of nitrogens with zero attached hydrogens (tertiary/aromatic N) is 1. The van der Waals surface area contributed by atoms with Crippen LogP contribution in [0.1, 0.15) is 36.3 Å². The molecule has 10 heteroatoms. The Balaban J connectivity index is 0.00000300. The Morgan fingerprint density at radius 2 is 1.83 bits per heavy atom. The number of aliphatic carboxylic acids is 1. The molecule has 6 nitrogen and oxygen atoms in total. The fourth-order valence-electron chi connectivity index (χ4n) is 4.12. The van der Waals surface area contributed by atoms with E-state index in [1.807, 2.05) is 24.3 Å². The van der Waals surface area contributed by atoms with Gasteiger partial charge in [0, 0.05) is 25.0 Å². The van der Waals surface area contributed by atoms with Crippen molar-refractivity contribution in [3.05, 3.63) is 35.4 Å². The van der Waals surface area contributed by atoms with Gasteiger partial charge in [-0.15, -0.1) is 0 Å². The number of fused-ring (bicyclic) bond motifs is 1. The molecule has 0 aromatic heterocycles. The van der Waals surface area contributed by atoms with Crippen molar-refractivity contribution in [2.45, 2.75) is 49.9 Å². The van der Waals surface area contributed by atoms with Gasteiger partial charge in [-0.3, -0.25) is 4.90 Å². The monoisotopic (exact) mass is 437 g/mol. The Bertz CT molecular complexity index is 724. The molecule has 2 N–H and O–H groups in total. The second kappa shape index (κ2) is 10.6. The average Bonchev–Trinajstić information content (AvgIpc) is 3.04. The summed E-state index contributed by atoms with van der Waals surface area (Å²) in [5.41, 5.74) is 1.97. The molecule has 0 saturated carbocycles. The Labute approximate surface area is 210 Å². The van der Waals surface area contributed by atoms with Crippen molar-refractivity contribution in [1.82, 2.24) is 15.5 Å². The Kier molecular flexibility index (Phi) is 8.98. The number of hydrogen-bond donors (Lipinski definition) is 2. The molecule has 0 bridgehead atoms. The second-order valence-corrected chi connectivity index (χ2v) is 7.42. The van der Waals surface area contributed by atoms with Gasteiger partial charge in [0.05, 0.1) is 18.6 Å². The van der Waals surface area contributed by atoms with Crippen LogP contribution in [-0.4, -0.2) is 54.8 Å². The standard InChI is InChI=1S/C19H24F3N3O3.K/c20-19(21,22)11-25-9-7-13(8-10-25)23-18(28)24-16(17(26)27)15-6-5-12-3-1-2-4-14(12)15;/h1-4,13,15-16H,5-11H2,(H,26,27)(H2,23,24,28);/q;+1/p-1. The molecule has 2 unspecified atom stereocenters. The summed E-state index contributed by atoms with van der Waals surface area (Å²) in [4.78, 5) is 25.2. The van der Waals surface area contributed by atoms with Gasteiger partial charge in [0.25, 0.3) is 0 Å². The predicted molar refractivity (Wildman–Crippen MR) is 93.5 cm³/mol. The first kappa shape index (κ1) is 24.6. The third kappa shape index (κ3) is 6.93. The molecule has 1 aromatic carbocycles. The summed E-state index contributed by atoms with van der Waals surface area (Å²) in [6.07, 6.45) is -2.13. The van der Waals surface area contributed by atoms with Gasteiger partial charge in [-0.25, -0.2) is 4.79 Å². The fourth-order valence-corrected chi connectivity index (χ4v) is 4.12. The van der Waals surface area contributed by atoms with Crippen molar-refractivity contribution < 1.29 is 79.3 Å². The van der Waals surface area contributed by atoms with Gasteiger partial charge in [-0.05, 0) is 36.8 Å². The van der Waals surface area contributed by atoms with E-state index in [1.165, 1.54) is 4.90 Å². The van der Waals surface area contributed by atoms with E-state index in [9.17, 15) is 27.9 Å². The molecule has 154 valence electrons. The number of benzene rings is 1. The van der Waals surface area contributed by atoms with E-state index in [0.29, 0.717) is 19.3 Å². The van der Waals surface area contributed by atoms with Crippen molar-refractivity contribution >= 4 is 12.0 Å². The molecule has 1 fully saturated rings. The topological polar surface area (TPSA) is 84.5 Å². The number of piperidine rings is 1. The van der Waals surface area contributed by atoms with E-state index in [2.05, 4.69) is 10.6 Å². The Morgan fingerprint density at radius 3 is 2.45 bits per heavy atom. The van der Waals surface area contributed by atoms with E-state index in [1.54, 1.807) is 0 Å². The molecule has 2 aliphatic rings. The quantitative estimate of drug-likeness (QED) is 0.531. The van der Waals surface area contributed by atoms with Crippen LogP contribution < -0.4 is 67.1 Å². The van der Waals surface area contributed by atoms with Crippen LogP contribution in [-0.2, 0) is 11.2 Å². The van der Waals surface area contributed by atoms with Crippen LogP contribution in [0.25, 0.3) is 0 Å². The number of aryl methyl sites for hydroxylation is 1. The fraction of sp³-hybridized carbons (Fsp3) is 0.579. The smallest absolute Gasteiger partial charge is 0.548 e. The molecule has 2 amide bonds. The van der Waals surface area contributed by atoms with E-state index >= 15 is 0 Å². The molecule has 0 spiro atoms. The minimum Gasteiger partial charge on any atom is -0.548 e. The number of nitrogens with one attached hydrogen (secondary N) is 2. The molecule has 1 heterocycles. The summed E-state index contributed by atoms with van der Waals surface area (Å²) in [6.45, 7) is -0.505. The van der Waals surface area contributed by atoms with E-state index < -0.39 is 30.8 Å². The first-order chi connectivity index (χ1) is 13.2. The molecule has 1 aromatic rings. The molecule has 2 atom stereocenters. The number of halogens is 3. The van der Waals surface area contributed by atoms with Crippen molar-refractivity contribution in [3.8, 4) is 0 Å². The second-order valence-electron chi connectivity index (χ2n) is 7.42. The molecular formula is C19H23F3KN3O3. The largest absolute Gasteiger partial charge is 1.00 e. The molecule has 3 rings (SSSR count). The number of carbonyl (C=O) groups excluding carboxylic acids is 2. The molecule has 1 aliphatic heterocycles. The van der Waals surface area contributed by atoms with E-state index in [4.69, 9.17) is 0 Å². The van der Waals surface area contributed by atoms with Crippen LogP contribution in [0, 0.1) is 0 Å². The summed E-state index contributed by atoms with van der Waals surface area (Å²) < 4.78 is 37.3. The van der Waals surface area contributed by atoms with E-state index in [0.717, 1.165) is 17.5 Å². The Hall–Kier alpha value is -0.654. The summed E-state index contributed by atoms with van der Waals surface area (Å²) in [5.74, 6) is -1.71. The van der Waals surface area contributed by atoms with Gasteiger partial charge in [-0.1, -0.05) is 24.3 Å². The summed E-state index contributed by atoms with van der Waals surface area (Å²) >= 11 is 0. The maximum atomic E-state index is 12.4. The molecule has 0 radical (unpaired) electrons. The molecular weight excluding hydrogens is 414 g/mol. The normalized spacial score (nSPS) is 21.0. The maximum Gasteiger partial charge on any atom is 1.00 e. The number of urea groups is 1. The first-order valence-electron chi connectivity index (χ1n) is 9.38. The molecule has 29 heavy (non-hydrogen) atoms. The molecule has 1 saturated heterocycles. The van der Waals surface area contributed by atoms with Gasteiger partial charge in [0.2, 0.25) is 0 Å². The number of carboxylic acids is 1. The SMILES string of the molecule is O=C(NC1CCN(CC(F)(F)F)CC1)NC(C(=O)[O-])C1CCc2ccccc21.[K+]. The van der Waals surface area contributed by atoms with Crippen LogP contribution in [0.4, 0.5) is 18.0 Å². The minimum atomic E-state index is -4.24. The maximum absolute atomic E-state index is 12.4. The molecule has 1 aliphatic carbocycles. The van der Waals surface area contributed by atoms with Gasteiger partial charge < -0.3 is 20.5 Å². The summed E-state index contributed by atoms with van der Waals surface area (Å²) in [6, 6.07) is 5.44. The number of carboxylic acid groups (broad SMARTS) is 1. The summed E-state index contributed by atoms with van der Waals surface area (Å²) in [7, 11) is 0. The van der Waals surface area contributed by atoms with Crippen LogP contribution in [0.5, 0.6) is 0 Å². The predicted octanol–water partition coefficient (Wildman–Crippen LogP) is -1.84. The van der Waals surface area contributed by atoms with Crippen LogP contribution in [0.2, 0.25) is 0 Å². The number of hydrogen-bond acceptors (Lipinski definition) is 4. The number of rotatable bonds is 5. The van der Waals surface area contributed by atoms with Crippen molar-refractivity contribution in [1.29, 1.82) is 0 Å².